The minimum Gasteiger partial charge on any atom is -0.312 e. The molecular weight excluding hydrogens is 324 g/mol. The third-order valence-corrected chi connectivity index (χ3v) is 8.24. The Labute approximate surface area is 136 Å². The van der Waals surface area contributed by atoms with E-state index in [4.69, 9.17) is 0 Å². The number of thiophene rings is 1. The maximum absolute atomic E-state index is 13.0. The van der Waals surface area contributed by atoms with E-state index in [-0.39, 0.29) is 6.04 Å². The van der Waals surface area contributed by atoms with Gasteiger partial charge in [-0.15, -0.1) is 11.3 Å². The highest BCUT2D eigenvalue weighted by Crippen LogP contribution is 2.32. The number of nitrogens with zero attached hydrogens (tertiary/aromatic N) is 1. The van der Waals surface area contributed by atoms with Crippen LogP contribution in [0.2, 0.25) is 0 Å². The third kappa shape index (κ3) is 3.82. The van der Waals surface area contributed by atoms with Crippen LogP contribution in [0.15, 0.2) is 10.3 Å². The second-order valence-corrected chi connectivity index (χ2v) is 9.33. The number of hydrogen-bond donors (Lipinski definition) is 1. The van der Waals surface area contributed by atoms with Crippen LogP contribution >= 0.6 is 23.1 Å². The average molecular weight is 349 g/mol. The van der Waals surface area contributed by atoms with Crippen molar-refractivity contribution in [3.63, 3.8) is 0 Å². The first-order valence-electron chi connectivity index (χ1n) is 7.35. The van der Waals surface area contributed by atoms with Crippen molar-refractivity contribution < 1.29 is 8.42 Å². The molecule has 1 N–H and O–H groups in total. The van der Waals surface area contributed by atoms with E-state index in [0.717, 1.165) is 34.9 Å². The topological polar surface area (TPSA) is 49.4 Å². The predicted molar refractivity (Wildman–Crippen MR) is 91.7 cm³/mol. The van der Waals surface area contributed by atoms with Crippen molar-refractivity contribution in [3.05, 3.63) is 15.8 Å². The molecule has 1 unspecified atom stereocenters. The number of sulfonamides is 1. The van der Waals surface area contributed by atoms with Gasteiger partial charge in [-0.3, -0.25) is 0 Å². The summed E-state index contributed by atoms with van der Waals surface area (Å²) >= 11 is 3.37. The molecule has 0 aromatic carbocycles. The molecule has 0 amide bonds. The maximum Gasteiger partial charge on any atom is 0.244 e. The van der Waals surface area contributed by atoms with Crippen LogP contribution in [0.1, 0.15) is 30.7 Å². The number of rotatable bonds is 6. The molecule has 1 saturated heterocycles. The lowest BCUT2D eigenvalue weighted by Crippen LogP contribution is -2.44. The summed E-state index contributed by atoms with van der Waals surface area (Å²) in [6, 6.07) is 0.0736. The van der Waals surface area contributed by atoms with Crippen LogP contribution in [-0.4, -0.2) is 43.4 Å². The van der Waals surface area contributed by atoms with Crippen LogP contribution < -0.4 is 5.32 Å². The van der Waals surface area contributed by atoms with E-state index in [9.17, 15) is 8.42 Å². The van der Waals surface area contributed by atoms with Gasteiger partial charge >= 0.3 is 0 Å². The molecule has 0 radical (unpaired) electrons. The highest BCUT2D eigenvalue weighted by Gasteiger charge is 2.34. The molecule has 1 atom stereocenters. The van der Waals surface area contributed by atoms with Crippen LogP contribution in [-0.2, 0) is 16.6 Å². The number of aryl methyl sites for hydroxylation is 1. The van der Waals surface area contributed by atoms with Gasteiger partial charge in [0.1, 0.15) is 4.90 Å². The van der Waals surface area contributed by atoms with Gasteiger partial charge in [0.05, 0.1) is 0 Å². The van der Waals surface area contributed by atoms with Gasteiger partial charge in [0.25, 0.3) is 0 Å². The van der Waals surface area contributed by atoms with E-state index in [1.165, 1.54) is 0 Å². The molecule has 120 valence electrons. The molecule has 4 nitrogen and oxygen atoms in total. The zero-order chi connectivity index (χ0) is 15.5. The highest BCUT2D eigenvalue weighted by atomic mass is 32.2. The molecule has 0 aliphatic carbocycles. The lowest BCUT2D eigenvalue weighted by molar-refractivity contribution is 0.367. The summed E-state index contributed by atoms with van der Waals surface area (Å²) in [7, 11) is -3.38. The van der Waals surface area contributed by atoms with E-state index < -0.39 is 10.0 Å². The van der Waals surface area contributed by atoms with Crippen molar-refractivity contribution in [2.24, 2.45) is 0 Å². The van der Waals surface area contributed by atoms with Crippen molar-refractivity contribution in [3.8, 4) is 0 Å². The minimum atomic E-state index is -3.38. The van der Waals surface area contributed by atoms with Gasteiger partial charge in [0, 0.05) is 35.5 Å². The standard InChI is InChI=1S/C14H24N2O2S3/c1-4-5-15-8-13-14(11(2)9-20-13)21(17,18)16-6-7-19-10-12(16)3/h9,12,15H,4-8,10H2,1-3H3. The Hall–Kier alpha value is -0.0800. The molecule has 1 fully saturated rings. The smallest absolute Gasteiger partial charge is 0.244 e. The molecule has 1 aliphatic heterocycles. The fourth-order valence-electron chi connectivity index (χ4n) is 2.52. The Bertz CT molecular complexity index is 569. The molecular formula is C14H24N2O2S3. The molecule has 21 heavy (non-hydrogen) atoms. The maximum atomic E-state index is 13.0. The molecule has 1 aromatic heterocycles. The Morgan fingerprint density at radius 3 is 2.90 bits per heavy atom. The molecule has 0 saturated carbocycles. The Morgan fingerprint density at radius 2 is 2.24 bits per heavy atom. The van der Waals surface area contributed by atoms with E-state index in [0.29, 0.717) is 18.0 Å². The Morgan fingerprint density at radius 1 is 1.48 bits per heavy atom. The number of nitrogens with one attached hydrogen (secondary N) is 1. The first kappa shape index (κ1) is 17.3. The zero-order valence-electron chi connectivity index (χ0n) is 12.9. The van der Waals surface area contributed by atoms with Crippen LogP contribution in [0.5, 0.6) is 0 Å². The van der Waals surface area contributed by atoms with Crippen molar-refractivity contribution in [1.82, 2.24) is 9.62 Å². The van der Waals surface area contributed by atoms with Crippen molar-refractivity contribution in [2.75, 3.05) is 24.6 Å². The molecule has 1 aromatic rings. The number of hydrogen-bond acceptors (Lipinski definition) is 5. The Balaban J connectivity index is 2.28. The first-order chi connectivity index (χ1) is 9.98. The quantitative estimate of drug-likeness (QED) is 0.803. The Kier molecular flexibility index (Phi) is 6.14. The summed E-state index contributed by atoms with van der Waals surface area (Å²) in [6.07, 6.45) is 1.05. The molecule has 2 rings (SSSR count). The highest BCUT2D eigenvalue weighted by molar-refractivity contribution is 7.99. The predicted octanol–water partition coefficient (Wildman–Crippen LogP) is 2.68. The first-order valence-corrected chi connectivity index (χ1v) is 10.8. The van der Waals surface area contributed by atoms with Gasteiger partial charge in [-0.1, -0.05) is 6.92 Å². The summed E-state index contributed by atoms with van der Waals surface area (Å²) in [5.74, 6) is 1.77. The van der Waals surface area contributed by atoms with Gasteiger partial charge in [0.15, 0.2) is 0 Å². The molecule has 7 heteroatoms. The summed E-state index contributed by atoms with van der Waals surface area (Å²) in [6.45, 7) is 8.17. The molecule has 1 aliphatic rings. The lowest BCUT2D eigenvalue weighted by atomic mass is 10.3. The van der Waals surface area contributed by atoms with Crippen molar-refractivity contribution in [2.45, 2.75) is 44.7 Å². The second kappa shape index (κ2) is 7.46. The average Bonchev–Trinajstić information content (AvgIpc) is 2.81. The van der Waals surface area contributed by atoms with Gasteiger partial charge in [-0.2, -0.15) is 16.1 Å². The van der Waals surface area contributed by atoms with Gasteiger partial charge in [-0.05, 0) is 37.8 Å². The van der Waals surface area contributed by atoms with E-state index in [1.807, 2.05) is 31.0 Å². The lowest BCUT2D eigenvalue weighted by Gasteiger charge is -2.32. The van der Waals surface area contributed by atoms with Gasteiger partial charge in [0.2, 0.25) is 10.0 Å². The fraction of sp³-hybridized carbons (Fsp3) is 0.714. The van der Waals surface area contributed by atoms with Gasteiger partial charge < -0.3 is 5.32 Å². The monoisotopic (exact) mass is 348 g/mol. The summed E-state index contributed by atoms with van der Waals surface area (Å²) in [5, 5.41) is 5.27. The summed E-state index contributed by atoms with van der Waals surface area (Å²) in [4.78, 5) is 1.47. The van der Waals surface area contributed by atoms with E-state index in [2.05, 4.69) is 12.2 Å². The summed E-state index contributed by atoms with van der Waals surface area (Å²) in [5.41, 5.74) is 0.874. The molecule has 0 bridgehead atoms. The van der Waals surface area contributed by atoms with Crippen LogP contribution in [0, 0.1) is 6.92 Å². The van der Waals surface area contributed by atoms with Crippen LogP contribution in [0.4, 0.5) is 0 Å². The number of thioether (sulfide) groups is 1. The fourth-order valence-corrected chi connectivity index (χ4v) is 7.11. The van der Waals surface area contributed by atoms with E-state index >= 15 is 0 Å². The minimum absolute atomic E-state index is 0.0736. The van der Waals surface area contributed by atoms with Gasteiger partial charge in [-0.25, -0.2) is 8.42 Å². The van der Waals surface area contributed by atoms with Crippen LogP contribution in [0.3, 0.4) is 0 Å². The summed E-state index contributed by atoms with van der Waals surface area (Å²) < 4.78 is 27.7. The largest absolute Gasteiger partial charge is 0.312 e. The van der Waals surface area contributed by atoms with Crippen LogP contribution in [0.25, 0.3) is 0 Å². The van der Waals surface area contributed by atoms with E-state index in [1.54, 1.807) is 15.6 Å². The second-order valence-electron chi connectivity index (χ2n) is 5.39. The third-order valence-electron chi connectivity index (χ3n) is 3.58. The van der Waals surface area contributed by atoms with Crippen molar-refractivity contribution in [1.29, 1.82) is 0 Å². The van der Waals surface area contributed by atoms with Crippen molar-refractivity contribution >= 4 is 33.1 Å². The molecule has 0 spiro atoms. The zero-order valence-corrected chi connectivity index (χ0v) is 15.3. The molecule has 2 heterocycles. The SMILES string of the molecule is CCCNCc1scc(C)c1S(=O)(=O)N1CCSCC1C. The normalized spacial score (nSPS) is 20.8.